The van der Waals surface area contributed by atoms with Crippen molar-refractivity contribution in [2.24, 2.45) is 5.73 Å². The third-order valence-electron chi connectivity index (χ3n) is 2.89. The van der Waals surface area contributed by atoms with Gasteiger partial charge in [0.25, 0.3) is 0 Å². The molecule has 1 heterocycles. The Balaban J connectivity index is 2.43. The van der Waals surface area contributed by atoms with Crippen LogP contribution in [0.15, 0.2) is 41.1 Å². The van der Waals surface area contributed by atoms with Crippen LogP contribution in [0.4, 0.5) is 0 Å². The van der Waals surface area contributed by atoms with E-state index >= 15 is 0 Å². The van der Waals surface area contributed by atoms with Gasteiger partial charge in [0.2, 0.25) is 0 Å². The van der Waals surface area contributed by atoms with Gasteiger partial charge in [-0.25, -0.2) is 0 Å². The summed E-state index contributed by atoms with van der Waals surface area (Å²) in [5, 5.41) is 7.58. The molecule has 2 aromatic rings. The van der Waals surface area contributed by atoms with Gasteiger partial charge in [0.05, 0.1) is 11.8 Å². The Kier molecular flexibility index (Phi) is 4.39. The number of hydrogen-bond acceptors (Lipinski definition) is 3. The number of amidine groups is 1. The smallest absolute Gasteiger partial charge is 0.156 e. The molecule has 4 nitrogen and oxygen atoms in total. The maximum Gasteiger partial charge on any atom is 0.156 e. The summed E-state index contributed by atoms with van der Waals surface area (Å²) in [6.07, 6.45) is 3.16. The van der Waals surface area contributed by atoms with Crippen molar-refractivity contribution >= 4 is 21.8 Å². The molecule has 0 amide bonds. The average molecular weight is 334 g/mol. The first-order valence-electron chi connectivity index (χ1n) is 6.24. The lowest BCUT2D eigenvalue weighted by Gasteiger charge is -2.15. The number of benzene rings is 1. The Morgan fingerprint density at radius 3 is 2.70 bits per heavy atom. The van der Waals surface area contributed by atoms with Gasteiger partial charge in [-0.05, 0) is 35.7 Å². The third-order valence-corrected chi connectivity index (χ3v) is 3.38. The lowest BCUT2D eigenvalue weighted by Crippen LogP contribution is -2.12. The van der Waals surface area contributed by atoms with E-state index in [4.69, 9.17) is 15.9 Å². The molecule has 5 heteroatoms. The maximum atomic E-state index is 7.58. The summed E-state index contributed by atoms with van der Waals surface area (Å²) < 4.78 is 6.92. The van der Waals surface area contributed by atoms with Crippen LogP contribution in [0.25, 0.3) is 0 Å². The van der Waals surface area contributed by atoms with Crippen molar-refractivity contribution in [1.29, 1.82) is 5.41 Å². The fourth-order valence-electron chi connectivity index (χ4n) is 1.87. The number of nitrogens with zero attached hydrogens (tertiary/aromatic N) is 1. The van der Waals surface area contributed by atoms with Crippen molar-refractivity contribution in [2.75, 3.05) is 0 Å². The average Bonchev–Trinajstić information content (AvgIpc) is 2.41. The molecule has 20 heavy (non-hydrogen) atoms. The molecule has 0 saturated heterocycles. The first kappa shape index (κ1) is 14.5. The predicted octanol–water partition coefficient (Wildman–Crippen LogP) is 4.04. The van der Waals surface area contributed by atoms with Gasteiger partial charge in [0.15, 0.2) is 5.75 Å². The van der Waals surface area contributed by atoms with Crippen LogP contribution in [0.3, 0.4) is 0 Å². The van der Waals surface area contributed by atoms with Gasteiger partial charge in [0.1, 0.15) is 11.6 Å². The molecular weight excluding hydrogens is 318 g/mol. The molecular formula is C15H16BrN3O. The first-order valence-corrected chi connectivity index (χ1v) is 7.04. The molecule has 0 spiro atoms. The van der Waals surface area contributed by atoms with Crippen LogP contribution in [0.1, 0.15) is 30.9 Å². The molecule has 2 rings (SSSR count). The van der Waals surface area contributed by atoms with Crippen LogP contribution in [0, 0.1) is 5.41 Å². The Bertz CT molecular complexity index is 641. The zero-order valence-corrected chi connectivity index (χ0v) is 12.9. The molecule has 0 atom stereocenters. The van der Waals surface area contributed by atoms with Crippen molar-refractivity contribution < 1.29 is 4.74 Å². The SMILES string of the molecule is CC(C)c1cc(Br)ccc1Oc1cnccc1C(=N)N. The Morgan fingerprint density at radius 1 is 1.30 bits per heavy atom. The monoisotopic (exact) mass is 333 g/mol. The van der Waals surface area contributed by atoms with Crippen LogP contribution in [-0.4, -0.2) is 10.8 Å². The van der Waals surface area contributed by atoms with Crippen molar-refractivity contribution in [3.8, 4) is 11.5 Å². The van der Waals surface area contributed by atoms with E-state index in [-0.39, 0.29) is 5.84 Å². The number of hydrogen-bond donors (Lipinski definition) is 2. The summed E-state index contributed by atoms with van der Waals surface area (Å²) in [6.45, 7) is 4.20. The van der Waals surface area contributed by atoms with Crippen molar-refractivity contribution in [2.45, 2.75) is 19.8 Å². The lowest BCUT2D eigenvalue weighted by atomic mass is 10.0. The number of rotatable bonds is 4. The summed E-state index contributed by atoms with van der Waals surface area (Å²) in [5.74, 6) is 1.52. The molecule has 0 fully saturated rings. The minimum Gasteiger partial charge on any atom is -0.455 e. The minimum absolute atomic E-state index is 0.0365. The molecule has 0 aliphatic heterocycles. The number of halogens is 1. The van der Waals surface area contributed by atoms with Gasteiger partial charge in [-0.15, -0.1) is 0 Å². The number of nitrogens with one attached hydrogen (secondary N) is 1. The van der Waals surface area contributed by atoms with Gasteiger partial charge in [-0.1, -0.05) is 29.8 Å². The van der Waals surface area contributed by atoms with Crippen LogP contribution < -0.4 is 10.5 Å². The second kappa shape index (κ2) is 6.05. The summed E-state index contributed by atoms with van der Waals surface area (Å²) in [4.78, 5) is 4.03. The Labute approximate surface area is 126 Å². The van der Waals surface area contributed by atoms with E-state index < -0.39 is 0 Å². The van der Waals surface area contributed by atoms with E-state index in [9.17, 15) is 0 Å². The molecule has 3 N–H and O–H groups in total. The molecule has 1 aromatic carbocycles. The van der Waals surface area contributed by atoms with Crippen LogP contribution in [-0.2, 0) is 0 Å². The van der Waals surface area contributed by atoms with E-state index in [1.807, 2.05) is 18.2 Å². The van der Waals surface area contributed by atoms with Crippen LogP contribution in [0.2, 0.25) is 0 Å². The minimum atomic E-state index is -0.0365. The van der Waals surface area contributed by atoms with E-state index in [2.05, 4.69) is 34.8 Å². The number of ether oxygens (including phenoxy) is 1. The van der Waals surface area contributed by atoms with Crippen molar-refractivity contribution in [1.82, 2.24) is 4.98 Å². The standard InChI is InChI=1S/C15H16BrN3O/c1-9(2)12-7-10(16)3-4-13(12)20-14-8-19-6-5-11(14)15(17)18/h3-9H,1-2H3,(H3,17,18). The van der Waals surface area contributed by atoms with Crippen molar-refractivity contribution in [3.63, 3.8) is 0 Å². The zero-order valence-electron chi connectivity index (χ0n) is 11.4. The fraction of sp³-hybridized carbons (Fsp3) is 0.200. The molecule has 1 aromatic heterocycles. The Morgan fingerprint density at radius 2 is 2.05 bits per heavy atom. The highest BCUT2D eigenvalue weighted by atomic mass is 79.9. The van der Waals surface area contributed by atoms with Gasteiger partial charge in [-0.2, -0.15) is 0 Å². The predicted molar refractivity (Wildman–Crippen MR) is 83.6 cm³/mol. The van der Waals surface area contributed by atoms with Gasteiger partial charge >= 0.3 is 0 Å². The second-order valence-electron chi connectivity index (χ2n) is 4.72. The van der Waals surface area contributed by atoms with E-state index in [1.54, 1.807) is 18.5 Å². The molecule has 0 radical (unpaired) electrons. The third kappa shape index (κ3) is 3.17. The second-order valence-corrected chi connectivity index (χ2v) is 5.64. The molecule has 0 aliphatic rings. The topological polar surface area (TPSA) is 72.0 Å². The zero-order chi connectivity index (χ0) is 14.7. The summed E-state index contributed by atoms with van der Waals surface area (Å²) >= 11 is 3.47. The first-order chi connectivity index (χ1) is 9.49. The van der Waals surface area contributed by atoms with Crippen LogP contribution in [0.5, 0.6) is 11.5 Å². The molecule has 0 saturated carbocycles. The number of nitrogen functional groups attached to an aromatic ring is 1. The number of pyridine rings is 1. The summed E-state index contributed by atoms with van der Waals surface area (Å²) in [5.41, 5.74) is 7.18. The van der Waals surface area contributed by atoms with Crippen molar-refractivity contribution in [3.05, 3.63) is 52.3 Å². The molecule has 104 valence electrons. The van der Waals surface area contributed by atoms with Gasteiger partial charge < -0.3 is 10.5 Å². The summed E-state index contributed by atoms with van der Waals surface area (Å²) in [6, 6.07) is 7.52. The Hall–Kier alpha value is -1.88. The molecule has 0 bridgehead atoms. The highest BCUT2D eigenvalue weighted by Gasteiger charge is 2.12. The van der Waals surface area contributed by atoms with Crippen LogP contribution >= 0.6 is 15.9 Å². The van der Waals surface area contributed by atoms with E-state index in [1.165, 1.54) is 0 Å². The van der Waals surface area contributed by atoms with E-state index in [0.29, 0.717) is 17.2 Å². The molecule has 0 unspecified atom stereocenters. The maximum absolute atomic E-state index is 7.58. The number of nitrogens with two attached hydrogens (primary N) is 1. The molecule has 0 aliphatic carbocycles. The largest absolute Gasteiger partial charge is 0.455 e. The lowest BCUT2D eigenvalue weighted by molar-refractivity contribution is 0.469. The van der Waals surface area contributed by atoms with Gasteiger partial charge in [-0.3, -0.25) is 10.4 Å². The number of aromatic nitrogens is 1. The quantitative estimate of drug-likeness (QED) is 0.655. The van der Waals surface area contributed by atoms with Gasteiger partial charge in [0, 0.05) is 10.7 Å². The summed E-state index contributed by atoms with van der Waals surface area (Å²) in [7, 11) is 0. The highest BCUT2D eigenvalue weighted by molar-refractivity contribution is 9.10. The normalized spacial score (nSPS) is 10.6. The van der Waals surface area contributed by atoms with E-state index in [0.717, 1.165) is 15.8 Å². The fourth-order valence-corrected chi connectivity index (χ4v) is 2.24. The highest BCUT2D eigenvalue weighted by Crippen LogP contribution is 2.33.